The molecule has 114 valence electrons. The van der Waals surface area contributed by atoms with Gasteiger partial charge in [0.15, 0.2) is 11.5 Å². The van der Waals surface area contributed by atoms with Crippen molar-refractivity contribution in [2.24, 2.45) is 0 Å². The lowest BCUT2D eigenvalue weighted by atomic mass is 10.1. The van der Waals surface area contributed by atoms with Crippen molar-refractivity contribution in [2.75, 3.05) is 20.0 Å². The first-order chi connectivity index (χ1) is 10.4. The Morgan fingerprint density at radius 1 is 1.14 bits per heavy atom. The molecule has 0 bridgehead atoms. The summed E-state index contributed by atoms with van der Waals surface area (Å²) in [5.74, 6) is 2.48. The predicted molar refractivity (Wildman–Crippen MR) is 76.9 cm³/mol. The molecular weight excluding hydrogens is 270 g/mol. The second-order valence-corrected chi connectivity index (χ2v) is 5.93. The Morgan fingerprint density at radius 3 is 2.76 bits per heavy atom. The van der Waals surface area contributed by atoms with Gasteiger partial charge in [0.25, 0.3) is 0 Å². The van der Waals surface area contributed by atoms with E-state index in [0.717, 1.165) is 48.8 Å². The number of hydrogen-bond donors (Lipinski definition) is 1. The van der Waals surface area contributed by atoms with Crippen molar-refractivity contribution < 1.29 is 18.9 Å². The highest BCUT2D eigenvalue weighted by Crippen LogP contribution is 2.39. The third kappa shape index (κ3) is 3.09. The Labute approximate surface area is 124 Å². The minimum Gasteiger partial charge on any atom is -0.488 e. The average Bonchev–Trinajstić information content (AvgIpc) is 3.23. The molecule has 21 heavy (non-hydrogen) atoms. The SMILES string of the molecule is c1c(CNC2CC2)c(OC2CCCOC2)cc2c1OCO2. The van der Waals surface area contributed by atoms with Crippen molar-refractivity contribution in [1.29, 1.82) is 0 Å². The maximum absolute atomic E-state index is 6.16. The highest BCUT2D eigenvalue weighted by atomic mass is 16.7. The Bertz CT molecular complexity index is 509. The van der Waals surface area contributed by atoms with E-state index in [-0.39, 0.29) is 6.10 Å². The number of benzene rings is 1. The predicted octanol–water partition coefficient (Wildman–Crippen LogP) is 2.23. The number of nitrogens with one attached hydrogen (secondary N) is 1. The first-order valence-electron chi connectivity index (χ1n) is 7.79. The molecule has 4 rings (SSSR count). The maximum atomic E-state index is 6.16. The Hall–Kier alpha value is -1.46. The molecule has 1 aliphatic carbocycles. The fourth-order valence-electron chi connectivity index (χ4n) is 2.74. The highest BCUT2D eigenvalue weighted by molar-refractivity contribution is 5.52. The molecule has 3 aliphatic rings. The second-order valence-electron chi connectivity index (χ2n) is 5.93. The van der Waals surface area contributed by atoms with Crippen molar-refractivity contribution in [3.63, 3.8) is 0 Å². The number of rotatable bonds is 5. The smallest absolute Gasteiger partial charge is 0.231 e. The van der Waals surface area contributed by atoms with Crippen LogP contribution in [0.4, 0.5) is 0 Å². The summed E-state index contributed by atoms with van der Waals surface area (Å²) in [5.41, 5.74) is 1.14. The van der Waals surface area contributed by atoms with Gasteiger partial charge in [0.05, 0.1) is 6.61 Å². The molecule has 1 aromatic rings. The topological polar surface area (TPSA) is 49.0 Å². The Kier molecular flexibility index (Phi) is 3.61. The summed E-state index contributed by atoms with van der Waals surface area (Å²) in [4.78, 5) is 0. The van der Waals surface area contributed by atoms with Gasteiger partial charge in [-0.15, -0.1) is 0 Å². The van der Waals surface area contributed by atoms with Crippen LogP contribution in [-0.2, 0) is 11.3 Å². The van der Waals surface area contributed by atoms with Crippen LogP contribution in [0.25, 0.3) is 0 Å². The van der Waals surface area contributed by atoms with E-state index in [1.807, 2.05) is 12.1 Å². The third-order valence-electron chi connectivity index (χ3n) is 4.13. The van der Waals surface area contributed by atoms with Gasteiger partial charge in [-0.3, -0.25) is 0 Å². The summed E-state index contributed by atoms with van der Waals surface area (Å²) >= 11 is 0. The van der Waals surface area contributed by atoms with Crippen LogP contribution in [-0.4, -0.2) is 32.2 Å². The second kappa shape index (κ2) is 5.73. The Balaban J connectivity index is 1.53. The van der Waals surface area contributed by atoms with Crippen LogP contribution in [0, 0.1) is 0 Å². The monoisotopic (exact) mass is 291 g/mol. The standard InChI is InChI=1S/C16H21NO4/c1-2-13(9-18-5-1)21-14-7-16-15(19-10-20-16)6-11(14)8-17-12-3-4-12/h6-7,12-13,17H,1-5,8-10H2. The molecule has 2 heterocycles. The summed E-state index contributed by atoms with van der Waals surface area (Å²) < 4.78 is 22.6. The van der Waals surface area contributed by atoms with Gasteiger partial charge in [-0.2, -0.15) is 0 Å². The molecule has 1 atom stereocenters. The van der Waals surface area contributed by atoms with Crippen molar-refractivity contribution in [3.8, 4) is 17.2 Å². The first-order valence-corrected chi connectivity index (χ1v) is 7.79. The molecule has 5 nitrogen and oxygen atoms in total. The molecule has 0 spiro atoms. The fourth-order valence-corrected chi connectivity index (χ4v) is 2.74. The zero-order chi connectivity index (χ0) is 14.1. The van der Waals surface area contributed by atoms with Gasteiger partial charge in [0, 0.05) is 30.8 Å². The first kappa shape index (κ1) is 13.2. The number of fused-ring (bicyclic) bond motifs is 1. The summed E-state index contributed by atoms with van der Waals surface area (Å²) in [6, 6.07) is 4.67. The van der Waals surface area contributed by atoms with Crippen molar-refractivity contribution >= 4 is 0 Å². The van der Waals surface area contributed by atoms with Gasteiger partial charge in [-0.05, 0) is 31.7 Å². The van der Waals surface area contributed by atoms with Crippen molar-refractivity contribution in [2.45, 2.75) is 44.4 Å². The van der Waals surface area contributed by atoms with Crippen LogP contribution in [0.3, 0.4) is 0 Å². The third-order valence-corrected chi connectivity index (χ3v) is 4.13. The number of ether oxygens (including phenoxy) is 4. The lowest BCUT2D eigenvalue weighted by molar-refractivity contribution is 0.00694. The van der Waals surface area contributed by atoms with E-state index in [2.05, 4.69) is 5.32 Å². The van der Waals surface area contributed by atoms with Gasteiger partial charge >= 0.3 is 0 Å². The van der Waals surface area contributed by atoms with Gasteiger partial charge in [0.2, 0.25) is 6.79 Å². The van der Waals surface area contributed by atoms with Gasteiger partial charge in [-0.1, -0.05) is 0 Å². The largest absolute Gasteiger partial charge is 0.488 e. The van der Waals surface area contributed by atoms with E-state index in [0.29, 0.717) is 19.4 Å². The summed E-state index contributed by atoms with van der Waals surface area (Å²) in [6.07, 6.45) is 4.79. The van der Waals surface area contributed by atoms with Crippen LogP contribution in [0.1, 0.15) is 31.2 Å². The molecule has 2 fully saturated rings. The molecule has 0 amide bonds. The lowest BCUT2D eigenvalue weighted by Gasteiger charge is -2.24. The zero-order valence-electron chi connectivity index (χ0n) is 12.1. The van der Waals surface area contributed by atoms with Crippen LogP contribution >= 0.6 is 0 Å². The molecule has 5 heteroatoms. The van der Waals surface area contributed by atoms with Crippen molar-refractivity contribution in [1.82, 2.24) is 5.32 Å². The minimum absolute atomic E-state index is 0.138. The van der Waals surface area contributed by atoms with Crippen LogP contribution in [0.5, 0.6) is 17.2 Å². The van der Waals surface area contributed by atoms with E-state index in [1.54, 1.807) is 0 Å². The zero-order valence-corrected chi connectivity index (χ0v) is 12.1. The molecule has 1 saturated heterocycles. The molecule has 0 aromatic heterocycles. The summed E-state index contributed by atoms with van der Waals surface area (Å²) in [5, 5.41) is 3.53. The van der Waals surface area contributed by atoms with Gasteiger partial charge in [-0.25, -0.2) is 0 Å². The quantitative estimate of drug-likeness (QED) is 0.901. The molecule has 1 N–H and O–H groups in total. The molecule has 2 aliphatic heterocycles. The molecule has 0 radical (unpaired) electrons. The summed E-state index contributed by atoms with van der Waals surface area (Å²) in [7, 11) is 0. The summed E-state index contributed by atoms with van der Waals surface area (Å²) in [6.45, 7) is 2.62. The molecule has 1 unspecified atom stereocenters. The average molecular weight is 291 g/mol. The van der Waals surface area contributed by atoms with E-state index >= 15 is 0 Å². The van der Waals surface area contributed by atoms with Crippen molar-refractivity contribution in [3.05, 3.63) is 17.7 Å². The maximum Gasteiger partial charge on any atom is 0.231 e. The fraction of sp³-hybridized carbons (Fsp3) is 0.625. The van der Waals surface area contributed by atoms with Crippen LogP contribution in [0.2, 0.25) is 0 Å². The van der Waals surface area contributed by atoms with Crippen LogP contribution < -0.4 is 19.5 Å². The van der Waals surface area contributed by atoms with E-state index in [1.165, 1.54) is 12.8 Å². The molecule has 1 saturated carbocycles. The van der Waals surface area contributed by atoms with E-state index in [4.69, 9.17) is 18.9 Å². The van der Waals surface area contributed by atoms with Gasteiger partial charge < -0.3 is 24.3 Å². The van der Waals surface area contributed by atoms with Crippen LogP contribution in [0.15, 0.2) is 12.1 Å². The molecule has 1 aromatic carbocycles. The normalized spacial score (nSPS) is 24.1. The lowest BCUT2D eigenvalue weighted by Crippen LogP contribution is -2.28. The minimum atomic E-state index is 0.138. The molecular formula is C16H21NO4. The Morgan fingerprint density at radius 2 is 2.00 bits per heavy atom. The van der Waals surface area contributed by atoms with E-state index < -0.39 is 0 Å². The number of hydrogen-bond acceptors (Lipinski definition) is 5. The van der Waals surface area contributed by atoms with Gasteiger partial charge in [0.1, 0.15) is 11.9 Å². The van der Waals surface area contributed by atoms with E-state index in [9.17, 15) is 0 Å². The highest BCUT2D eigenvalue weighted by Gasteiger charge is 2.24.